The maximum atomic E-state index is 13.8. The number of alkyl halides is 2. The number of hydrogen-bond donors (Lipinski definition) is 1. The van der Waals surface area contributed by atoms with Gasteiger partial charge in [-0.2, -0.15) is 5.26 Å². The van der Waals surface area contributed by atoms with Crippen LogP contribution in [0.5, 0.6) is 0 Å². The van der Waals surface area contributed by atoms with Crippen molar-refractivity contribution < 1.29 is 35.9 Å². The molecule has 1 aromatic heterocycles. The van der Waals surface area contributed by atoms with Gasteiger partial charge in [-0.15, -0.1) is 0 Å². The average molecular weight is 525 g/mol. The molecule has 1 aliphatic rings. The van der Waals surface area contributed by atoms with E-state index < -0.39 is 57.1 Å². The summed E-state index contributed by atoms with van der Waals surface area (Å²) >= 11 is 0. The lowest BCUT2D eigenvalue weighted by Gasteiger charge is -2.33. The lowest BCUT2D eigenvalue weighted by atomic mass is 9.96. The van der Waals surface area contributed by atoms with Crippen molar-refractivity contribution in [2.24, 2.45) is 5.92 Å². The first kappa shape index (κ1) is 26.9. The predicted octanol–water partition coefficient (Wildman–Crippen LogP) is 3.07. The lowest BCUT2D eigenvalue weighted by molar-refractivity contribution is -0.123. The molecule has 0 atom stereocenters. The van der Waals surface area contributed by atoms with Crippen molar-refractivity contribution in [3.05, 3.63) is 58.5 Å². The highest BCUT2D eigenvalue weighted by Gasteiger charge is 2.31. The third-order valence-electron chi connectivity index (χ3n) is 5.58. The first-order valence-electron chi connectivity index (χ1n) is 11.0. The van der Waals surface area contributed by atoms with E-state index in [1.54, 1.807) is 0 Å². The quantitative estimate of drug-likeness (QED) is 0.522. The number of hydrogen-bond acceptors (Lipinski definition) is 8. The number of piperidine rings is 1. The van der Waals surface area contributed by atoms with Gasteiger partial charge in [0.25, 0.3) is 6.43 Å². The predicted molar refractivity (Wildman–Crippen MR) is 122 cm³/mol. The number of ether oxygens (including phenoxy) is 1. The van der Waals surface area contributed by atoms with Crippen LogP contribution in [-0.2, 0) is 25.3 Å². The van der Waals surface area contributed by atoms with Gasteiger partial charge in [-0.05, 0) is 31.9 Å². The maximum absolute atomic E-state index is 13.8. The van der Waals surface area contributed by atoms with Gasteiger partial charge in [0.1, 0.15) is 23.4 Å². The summed E-state index contributed by atoms with van der Waals surface area (Å²) in [6, 6.07) is 8.17. The number of amides is 1. The molecule has 1 fully saturated rings. The van der Waals surface area contributed by atoms with Crippen LogP contribution < -0.4 is 9.62 Å². The molecule has 1 aromatic carbocycles. The summed E-state index contributed by atoms with van der Waals surface area (Å²) in [4.78, 5) is 30.0. The van der Waals surface area contributed by atoms with Crippen LogP contribution in [-0.4, -0.2) is 45.0 Å². The van der Waals surface area contributed by atoms with E-state index in [0.717, 1.165) is 12.1 Å². The summed E-state index contributed by atoms with van der Waals surface area (Å²) < 4.78 is 72.4. The molecule has 1 aliphatic heterocycles. The van der Waals surface area contributed by atoms with Gasteiger partial charge in [0.2, 0.25) is 15.9 Å². The molecular formula is C23H23F3N4O5S. The molecule has 3 rings (SSSR count). The Hall–Kier alpha value is -3.66. The monoisotopic (exact) mass is 524 g/mol. The summed E-state index contributed by atoms with van der Waals surface area (Å²) in [5.74, 6) is -3.96. The number of sulfonamides is 1. The highest BCUT2D eigenvalue weighted by atomic mass is 32.2. The van der Waals surface area contributed by atoms with E-state index in [2.05, 4.69) is 4.98 Å². The Labute approximate surface area is 205 Å². The maximum Gasteiger partial charge on any atom is 0.340 e. The first-order valence-corrected chi connectivity index (χ1v) is 12.6. The minimum atomic E-state index is -4.15. The number of carbonyl (C=O) groups excluding carboxylic acids is 2. The fourth-order valence-electron chi connectivity index (χ4n) is 3.83. The number of nitrogens with one attached hydrogen (secondary N) is 1. The minimum absolute atomic E-state index is 0.0449. The van der Waals surface area contributed by atoms with Crippen LogP contribution in [0.4, 0.5) is 19.0 Å². The van der Waals surface area contributed by atoms with E-state index in [1.165, 1.54) is 30.0 Å². The van der Waals surface area contributed by atoms with Crippen LogP contribution in [0.1, 0.15) is 53.4 Å². The van der Waals surface area contributed by atoms with Gasteiger partial charge in [-0.1, -0.05) is 18.2 Å². The van der Waals surface area contributed by atoms with Crippen LogP contribution in [0, 0.1) is 23.1 Å². The molecule has 192 valence electrons. The average Bonchev–Trinajstić information content (AvgIpc) is 2.84. The highest BCUT2D eigenvalue weighted by Crippen LogP contribution is 2.30. The van der Waals surface area contributed by atoms with Gasteiger partial charge < -0.3 is 9.64 Å². The van der Waals surface area contributed by atoms with E-state index in [9.17, 15) is 36.4 Å². The third-order valence-corrected chi connectivity index (χ3v) is 6.78. The third kappa shape index (κ3) is 6.31. The molecule has 0 bridgehead atoms. The zero-order chi connectivity index (χ0) is 26.5. The van der Waals surface area contributed by atoms with Crippen LogP contribution in [0.3, 0.4) is 0 Å². The van der Waals surface area contributed by atoms with Gasteiger partial charge in [0, 0.05) is 24.6 Å². The van der Waals surface area contributed by atoms with E-state index in [0.29, 0.717) is 0 Å². The topological polar surface area (TPSA) is 129 Å². The number of carbonyl (C=O) groups is 2. The minimum Gasteiger partial charge on any atom is -0.462 e. The fourth-order valence-corrected chi connectivity index (χ4v) is 5.01. The number of nitrogens with zero attached hydrogens (tertiary/aromatic N) is 3. The highest BCUT2D eigenvalue weighted by molar-refractivity contribution is 7.89. The molecule has 0 spiro atoms. The summed E-state index contributed by atoms with van der Waals surface area (Å²) in [5.41, 5.74) is -1.51. The SMILES string of the molecule is CCOC(=O)c1cc(C#N)c(N2CCC(C(=O)NS(=O)(=O)Cc3ccccc3F)CC2)nc1C(F)F. The van der Waals surface area contributed by atoms with Crippen molar-refractivity contribution in [1.82, 2.24) is 9.71 Å². The Bertz CT molecular complexity index is 1290. The Morgan fingerprint density at radius 1 is 1.28 bits per heavy atom. The zero-order valence-electron chi connectivity index (χ0n) is 19.2. The molecule has 1 saturated heterocycles. The Morgan fingerprint density at radius 2 is 1.94 bits per heavy atom. The van der Waals surface area contributed by atoms with Crippen LogP contribution >= 0.6 is 0 Å². The number of esters is 1. The standard InChI is InChI=1S/C23H23F3N4O5S/c1-2-35-23(32)17-11-16(12-27)21(28-19(17)20(25)26)30-9-7-14(8-10-30)22(31)29-36(33,34)13-15-5-3-4-6-18(15)24/h3-6,11,14,20H,2,7-10,13H2,1H3,(H,29,31). The summed E-state index contributed by atoms with van der Waals surface area (Å²) in [6.45, 7) is 1.71. The Kier molecular flexibility index (Phi) is 8.52. The van der Waals surface area contributed by atoms with Crippen LogP contribution in [0.15, 0.2) is 30.3 Å². The van der Waals surface area contributed by atoms with Crippen LogP contribution in [0.25, 0.3) is 0 Å². The number of benzene rings is 1. The number of anilines is 1. The Morgan fingerprint density at radius 3 is 2.53 bits per heavy atom. The molecular weight excluding hydrogens is 501 g/mol. The Balaban J connectivity index is 1.71. The van der Waals surface area contributed by atoms with Crippen molar-refractivity contribution in [1.29, 1.82) is 5.26 Å². The van der Waals surface area contributed by atoms with Crippen LogP contribution in [0.2, 0.25) is 0 Å². The molecule has 0 radical (unpaired) electrons. The zero-order valence-corrected chi connectivity index (χ0v) is 20.0. The largest absolute Gasteiger partial charge is 0.462 e. The normalized spacial score (nSPS) is 14.4. The van der Waals surface area contributed by atoms with Crippen molar-refractivity contribution in [3.63, 3.8) is 0 Å². The summed E-state index contributed by atoms with van der Waals surface area (Å²) in [6.07, 6.45) is -2.80. The second-order valence-corrected chi connectivity index (χ2v) is 9.73. The first-order chi connectivity index (χ1) is 17.1. The molecule has 0 saturated carbocycles. The molecule has 9 nitrogen and oxygen atoms in total. The van der Waals surface area contributed by atoms with Gasteiger partial charge in [0.15, 0.2) is 0 Å². The number of pyridine rings is 1. The second kappa shape index (κ2) is 11.4. The molecule has 2 aromatic rings. The van der Waals surface area contributed by atoms with Crippen molar-refractivity contribution in [3.8, 4) is 6.07 Å². The second-order valence-electron chi connectivity index (χ2n) is 8.00. The molecule has 1 N–H and O–H groups in total. The van der Waals surface area contributed by atoms with E-state index in [-0.39, 0.29) is 49.5 Å². The van der Waals surface area contributed by atoms with E-state index in [1.807, 2.05) is 10.8 Å². The summed E-state index contributed by atoms with van der Waals surface area (Å²) in [7, 11) is -4.15. The number of aromatic nitrogens is 1. The van der Waals surface area contributed by atoms with Crippen molar-refractivity contribution >= 4 is 27.7 Å². The molecule has 2 heterocycles. The number of rotatable bonds is 8. The number of nitriles is 1. The number of halogens is 3. The molecule has 0 aliphatic carbocycles. The fraction of sp³-hybridized carbons (Fsp3) is 0.391. The molecule has 0 unspecified atom stereocenters. The van der Waals surface area contributed by atoms with E-state index in [4.69, 9.17) is 4.74 Å². The van der Waals surface area contributed by atoms with Crippen molar-refractivity contribution in [2.75, 3.05) is 24.6 Å². The summed E-state index contributed by atoms with van der Waals surface area (Å²) in [5, 5.41) is 9.51. The smallest absolute Gasteiger partial charge is 0.340 e. The lowest BCUT2D eigenvalue weighted by Crippen LogP contribution is -2.43. The van der Waals surface area contributed by atoms with Gasteiger partial charge >= 0.3 is 5.97 Å². The van der Waals surface area contributed by atoms with E-state index >= 15 is 0 Å². The van der Waals surface area contributed by atoms with Gasteiger partial charge in [0.05, 0.1) is 23.5 Å². The molecule has 13 heteroatoms. The van der Waals surface area contributed by atoms with Gasteiger partial charge in [-0.25, -0.2) is 31.4 Å². The van der Waals surface area contributed by atoms with Crippen molar-refractivity contribution in [2.45, 2.75) is 31.9 Å². The molecule has 36 heavy (non-hydrogen) atoms. The van der Waals surface area contributed by atoms with Gasteiger partial charge in [-0.3, -0.25) is 9.52 Å². The molecule has 1 amide bonds.